The van der Waals surface area contributed by atoms with E-state index in [4.69, 9.17) is 4.74 Å². The summed E-state index contributed by atoms with van der Waals surface area (Å²) in [6.07, 6.45) is 4.29. The van der Waals surface area contributed by atoms with Crippen molar-refractivity contribution in [2.45, 2.75) is 25.4 Å². The lowest BCUT2D eigenvalue weighted by Gasteiger charge is -2.39. The van der Waals surface area contributed by atoms with E-state index in [2.05, 4.69) is 39.3 Å². The van der Waals surface area contributed by atoms with E-state index in [-0.39, 0.29) is 0 Å². The van der Waals surface area contributed by atoms with Crippen LogP contribution >= 0.6 is 0 Å². The molecular formula is C18H19N3O. The van der Waals surface area contributed by atoms with E-state index < -0.39 is 0 Å². The molecule has 3 aromatic rings. The van der Waals surface area contributed by atoms with Crippen LogP contribution in [-0.4, -0.2) is 28.5 Å². The van der Waals surface area contributed by atoms with E-state index in [0.29, 0.717) is 6.04 Å². The van der Waals surface area contributed by atoms with E-state index in [1.165, 1.54) is 33.4 Å². The maximum absolute atomic E-state index is 5.40. The normalized spacial score (nSPS) is 20.5. The Bertz CT molecular complexity index is 860. The number of ether oxygens (including phenoxy) is 1. The molecule has 2 aliphatic heterocycles. The summed E-state index contributed by atoms with van der Waals surface area (Å²) in [5.74, 6) is 0.933. The fourth-order valence-electron chi connectivity index (χ4n) is 4.16. The summed E-state index contributed by atoms with van der Waals surface area (Å²) < 4.78 is 5.40. The average Bonchev–Trinajstić information content (AvgIpc) is 3.16. The Morgan fingerprint density at radius 1 is 1.23 bits per heavy atom. The topological polar surface area (TPSA) is 44.1 Å². The quantitative estimate of drug-likeness (QED) is 0.724. The zero-order chi connectivity index (χ0) is 14.7. The van der Waals surface area contributed by atoms with Crippen LogP contribution in [0.3, 0.4) is 0 Å². The maximum Gasteiger partial charge on any atom is 0.119 e. The Kier molecular flexibility index (Phi) is 2.47. The van der Waals surface area contributed by atoms with Crippen molar-refractivity contribution in [3.63, 3.8) is 0 Å². The van der Waals surface area contributed by atoms with Crippen molar-refractivity contribution in [2.75, 3.05) is 13.7 Å². The summed E-state index contributed by atoms with van der Waals surface area (Å²) in [5, 5.41) is 1.32. The Balaban J connectivity index is 1.65. The lowest BCUT2D eigenvalue weighted by Crippen LogP contribution is -2.38. The first-order valence-electron chi connectivity index (χ1n) is 7.91. The molecule has 1 aromatic carbocycles. The summed E-state index contributed by atoms with van der Waals surface area (Å²) in [6, 6.07) is 9.09. The van der Waals surface area contributed by atoms with Crippen LogP contribution in [0.4, 0.5) is 0 Å². The van der Waals surface area contributed by atoms with Crippen molar-refractivity contribution in [1.82, 2.24) is 14.9 Å². The molecule has 0 unspecified atom stereocenters. The number of aromatic amines is 2. The number of hydrogen-bond acceptors (Lipinski definition) is 2. The molecule has 0 fully saturated rings. The summed E-state index contributed by atoms with van der Waals surface area (Å²) in [4.78, 5) is 9.62. The molecular weight excluding hydrogens is 274 g/mol. The highest BCUT2D eigenvalue weighted by molar-refractivity contribution is 5.86. The average molecular weight is 293 g/mol. The lowest BCUT2D eigenvalue weighted by molar-refractivity contribution is 0.159. The fraction of sp³-hybridized carbons (Fsp3) is 0.333. The van der Waals surface area contributed by atoms with Gasteiger partial charge < -0.3 is 14.7 Å². The van der Waals surface area contributed by atoms with Crippen LogP contribution in [-0.2, 0) is 19.4 Å². The molecule has 0 radical (unpaired) electrons. The molecule has 4 heteroatoms. The van der Waals surface area contributed by atoms with E-state index in [9.17, 15) is 0 Å². The number of fused-ring (bicyclic) bond motifs is 6. The van der Waals surface area contributed by atoms with Crippen molar-refractivity contribution in [3.8, 4) is 5.75 Å². The van der Waals surface area contributed by atoms with Gasteiger partial charge in [0.15, 0.2) is 0 Å². The van der Waals surface area contributed by atoms with Crippen LogP contribution in [0.1, 0.15) is 28.6 Å². The molecule has 0 spiro atoms. The van der Waals surface area contributed by atoms with Crippen molar-refractivity contribution in [3.05, 3.63) is 53.0 Å². The zero-order valence-corrected chi connectivity index (χ0v) is 12.6. The van der Waals surface area contributed by atoms with Crippen LogP contribution in [0.2, 0.25) is 0 Å². The molecule has 0 aliphatic carbocycles. The third-order valence-electron chi connectivity index (χ3n) is 5.28. The number of aromatic nitrogens is 2. The van der Waals surface area contributed by atoms with Gasteiger partial charge in [-0.25, -0.2) is 0 Å². The minimum Gasteiger partial charge on any atom is -0.497 e. The SMILES string of the molecule is COc1ccc2[nH]c3c(c2c1)C[C@H]1c2cc[nH]c2CCN1C3. The maximum atomic E-state index is 5.40. The van der Waals surface area contributed by atoms with E-state index in [0.717, 1.165) is 31.7 Å². The van der Waals surface area contributed by atoms with Crippen LogP contribution in [0.15, 0.2) is 30.5 Å². The number of H-pyrrole nitrogens is 2. The van der Waals surface area contributed by atoms with Gasteiger partial charge in [-0.1, -0.05) is 0 Å². The molecule has 0 saturated carbocycles. The number of methoxy groups -OCH3 is 1. The van der Waals surface area contributed by atoms with Crippen LogP contribution in [0, 0.1) is 0 Å². The van der Waals surface area contributed by atoms with Gasteiger partial charge in [0.1, 0.15) is 5.75 Å². The van der Waals surface area contributed by atoms with E-state index in [1.807, 2.05) is 6.07 Å². The van der Waals surface area contributed by atoms with Gasteiger partial charge in [-0.2, -0.15) is 0 Å². The zero-order valence-electron chi connectivity index (χ0n) is 12.6. The predicted octanol–water partition coefficient (Wildman–Crippen LogP) is 3.16. The smallest absolute Gasteiger partial charge is 0.119 e. The van der Waals surface area contributed by atoms with Gasteiger partial charge in [-0.3, -0.25) is 4.90 Å². The molecule has 1 atom stereocenters. The largest absolute Gasteiger partial charge is 0.497 e. The van der Waals surface area contributed by atoms with Gasteiger partial charge in [0.2, 0.25) is 0 Å². The third-order valence-corrected chi connectivity index (χ3v) is 5.28. The standard InChI is InChI=1S/C18H19N3O/c1-22-11-2-3-16-13(8-11)14-9-18-12-4-6-19-15(12)5-7-21(18)10-17(14)20-16/h2-4,6,8,18-20H,5,7,9-10H2,1H3/t18-/m0/s1. The monoisotopic (exact) mass is 293 g/mol. The molecule has 2 N–H and O–H groups in total. The van der Waals surface area contributed by atoms with Gasteiger partial charge in [0, 0.05) is 54.0 Å². The van der Waals surface area contributed by atoms with Crippen LogP contribution < -0.4 is 4.74 Å². The van der Waals surface area contributed by atoms with Gasteiger partial charge >= 0.3 is 0 Å². The van der Waals surface area contributed by atoms with Crippen molar-refractivity contribution < 1.29 is 4.74 Å². The minimum atomic E-state index is 0.507. The first-order valence-corrected chi connectivity index (χ1v) is 7.91. The van der Waals surface area contributed by atoms with Crippen molar-refractivity contribution in [1.29, 1.82) is 0 Å². The number of hydrogen-bond donors (Lipinski definition) is 2. The first kappa shape index (κ1) is 12.4. The molecule has 5 rings (SSSR count). The third kappa shape index (κ3) is 1.61. The molecule has 0 saturated heterocycles. The van der Waals surface area contributed by atoms with Crippen molar-refractivity contribution >= 4 is 10.9 Å². The molecule has 4 nitrogen and oxygen atoms in total. The second-order valence-corrected chi connectivity index (χ2v) is 6.35. The summed E-state index contributed by atoms with van der Waals surface area (Å²) in [5.41, 5.74) is 6.96. The first-order chi connectivity index (χ1) is 10.8. The van der Waals surface area contributed by atoms with Crippen LogP contribution in [0.5, 0.6) is 5.75 Å². The highest BCUT2D eigenvalue weighted by atomic mass is 16.5. The fourth-order valence-corrected chi connectivity index (χ4v) is 4.16. The number of rotatable bonds is 1. The molecule has 2 aromatic heterocycles. The predicted molar refractivity (Wildman–Crippen MR) is 86.2 cm³/mol. The van der Waals surface area contributed by atoms with Gasteiger partial charge in [0.25, 0.3) is 0 Å². The van der Waals surface area contributed by atoms with E-state index >= 15 is 0 Å². The second-order valence-electron chi connectivity index (χ2n) is 6.35. The highest BCUT2D eigenvalue weighted by Gasteiger charge is 2.34. The van der Waals surface area contributed by atoms with Crippen LogP contribution in [0.25, 0.3) is 10.9 Å². The summed E-state index contributed by atoms with van der Waals surface area (Å²) in [7, 11) is 1.73. The minimum absolute atomic E-state index is 0.507. The molecule has 0 amide bonds. The van der Waals surface area contributed by atoms with Gasteiger partial charge in [-0.05, 0) is 41.8 Å². The Morgan fingerprint density at radius 3 is 3.09 bits per heavy atom. The Morgan fingerprint density at radius 2 is 2.18 bits per heavy atom. The molecule has 4 heterocycles. The number of nitrogens with zero attached hydrogens (tertiary/aromatic N) is 1. The molecule has 22 heavy (non-hydrogen) atoms. The lowest BCUT2D eigenvalue weighted by atomic mass is 9.88. The highest BCUT2D eigenvalue weighted by Crippen LogP contribution is 2.40. The summed E-state index contributed by atoms with van der Waals surface area (Å²) >= 11 is 0. The number of nitrogens with one attached hydrogen (secondary N) is 2. The summed E-state index contributed by atoms with van der Waals surface area (Å²) in [6.45, 7) is 2.15. The van der Waals surface area contributed by atoms with E-state index in [1.54, 1.807) is 7.11 Å². The van der Waals surface area contributed by atoms with Gasteiger partial charge in [-0.15, -0.1) is 0 Å². The van der Waals surface area contributed by atoms with Gasteiger partial charge in [0.05, 0.1) is 7.11 Å². The second kappa shape index (κ2) is 4.40. The Hall–Kier alpha value is -2.20. The number of benzene rings is 1. The molecule has 2 aliphatic rings. The molecule has 0 bridgehead atoms. The molecule has 112 valence electrons. The Labute approximate surface area is 129 Å². The van der Waals surface area contributed by atoms with Crippen molar-refractivity contribution in [2.24, 2.45) is 0 Å².